The quantitative estimate of drug-likeness (QED) is 0.811. The van der Waals surface area contributed by atoms with E-state index >= 15 is 0 Å². The predicted molar refractivity (Wildman–Crippen MR) is 76.9 cm³/mol. The number of nitrogens with one attached hydrogen (secondary N) is 1. The molecule has 0 atom stereocenters. The SMILES string of the molecule is CCCNCc1ccncc1N1CCCC1(C)C. The Morgan fingerprint density at radius 3 is 2.94 bits per heavy atom. The van der Waals surface area contributed by atoms with E-state index in [0.29, 0.717) is 0 Å². The Morgan fingerprint density at radius 2 is 2.28 bits per heavy atom. The lowest BCUT2D eigenvalue weighted by Gasteiger charge is -2.34. The maximum Gasteiger partial charge on any atom is 0.0602 e. The van der Waals surface area contributed by atoms with Gasteiger partial charge in [0.15, 0.2) is 0 Å². The van der Waals surface area contributed by atoms with Gasteiger partial charge in [-0.1, -0.05) is 6.92 Å². The number of hydrogen-bond acceptors (Lipinski definition) is 3. The molecule has 1 aliphatic rings. The Bertz CT molecular complexity index is 387. The maximum atomic E-state index is 4.31. The maximum absolute atomic E-state index is 4.31. The van der Waals surface area contributed by atoms with Gasteiger partial charge in [0, 0.05) is 24.8 Å². The highest BCUT2D eigenvalue weighted by molar-refractivity contribution is 5.54. The van der Waals surface area contributed by atoms with Gasteiger partial charge in [-0.05, 0) is 51.3 Å². The molecule has 1 aromatic heterocycles. The molecule has 0 aromatic carbocycles. The average Bonchev–Trinajstić information content (AvgIpc) is 2.70. The minimum absolute atomic E-state index is 0.266. The van der Waals surface area contributed by atoms with E-state index in [1.165, 1.54) is 30.5 Å². The fourth-order valence-electron chi connectivity index (χ4n) is 2.76. The van der Waals surface area contributed by atoms with Gasteiger partial charge in [-0.3, -0.25) is 4.98 Å². The van der Waals surface area contributed by atoms with E-state index in [9.17, 15) is 0 Å². The first-order valence-corrected chi connectivity index (χ1v) is 7.06. The number of anilines is 1. The summed E-state index contributed by atoms with van der Waals surface area (Å²) in [4.78, 5) is 6.83. The van der Waals surface area contributed by atoms with Crippen molar-refractivity contribution < 1.29 is 0 Å². The van der Waals surface area contributed by atoms with Gasteiger partial charge in [0.25, 0.3) is 0 Å². The molecule has 0 aliphatic carbocycles. The Hall–Kier alpha value is -1.09. The van der Waals surface area contributed by atoms with Crippen molar-refractivity contribution >= 4 is 5.69 Å². The molecule has 0 unspecified atom stereocenters. The molecule has 0 spiro atoms. The average molecular weight is 247 g/mol. The van der Waals surface area contributed by atoms with E-state index in [1.54, 1.807) is 0 Å². The van der Waals surface area contributed by atoms with Crippen molar-refractivity contribution in [2.45, 2.75) is 52.1 Å². The van der Waals surface area contributed by atoms with Crippen molar-refractivity contribution in [2.24, 2.45) is 0 Å². The molecule has 3 heteroatoms. The molecule has 100 valence electrons. The Labute approximate surface area is 111 Å². The van der Waals surface area contributed by atoms with Crippen molar-refractivity contribution in [3.05, 3.63) is 24.0 Å². The van der Waals surface area contributed by atoms with Crippen LogP contribution in [-0.2, 0) is 6.54 Å². The molecule has 1 N–H and O–H groups in total. The fraction of sp³-hybridized carbons (Fsp3) is 0.667. The first kappa shape index (κ1) is 13.3. The summed E-state index contributed by atoms with van der Waals surface area (Å²) in [5.74, 6) is 0. The Morgan fingerprint density at radius 1 is 1.44 bits per heavy atom. The van der Waals surface area contributed by atoms with Crippen molar-refractivity contribution in [3.63, 3.8) is 0 Å². The molecule has 0 saturated carbocycles. The third kappa shape index (κ3) is 2.83. The fourth-order valence-corrected chi connectivity index (χ4v) is 2.76. The molecule has 1 fully saturated rings. The van der Waals surface area contributed by atoms with Gasteiger partial charge in [-0.15, -0.1) is 0 Å². The van der Waals surface area contributed by atoms with Crippen molar-refractivity contribution in [2.75, 3.05) is 18.0 Å². The molecule has 1 aliphatic heterocycles. The standard InChI is InChI=1S/C15H25N3/c1-4-8-16-11-13-6-9-17-12-14(13)18-10-5-7-15(18,2)3/h6,9,12,16H,4-5,7-8,10-11H2,1-3H3. The van der Waals surface area contributed by atoms with E-state index in [4.69, 9.17) is 0 Å². The van der Waals surface area contributed by atoms with Crippen LogP contribution in [0.15, 0.2) is 18.5 Å². The second-order valence-electron chi connectivity index (χ2n) is 5.75. The van der Waals surface area contributed by atoms with Gasteiger partial charge in [-0.25, -0.2) is 0 Å². The van der Waals surface area contributed by atoms with Crippen molar-refractivity contribution in [3.8, 4) is 0 Å². The third-order valence-electron chi connectivity index (χ3n) is 3.82. The van der Waals surface area contributed by atoms with Gasteiger partial charge in [0.2, 0.25) is 0 Å². The monoisotopic (exact) mass is 247 g/mol. The topological polar surface area (TPSA) is 28.2 Å². The van der Waals surface area contributed by atoms with Crippen molar-refractivity contribution in [1.29, 1.82) is 0 Å². The van der Waals surface area contributed by atoms with Gasteiger partial charge in [0.05, 0.1) is 11.9 Å². The van der Waals surface area contributed by atoms with Crippen molar-refractivity contribution in [1.82, 2.24) is 10.3 Å². The lowest BCUT2D eigenvalue weighted by molar-refractivity contribution is 0.515. The number of pyridine rings is 1. The van der Waals surface area contributed by atoms with Gasteiger partial charge >= 0.3 is 0 Å². The van der Waals surface area contributed by atoms with E-state index in [2.05, 4.69) is 42.0 Å². The van der Waals surface area contributed by atoms with Crippen LogP contribution >= 0.6 is 0 Å². The first-order chi connectivity index (χ1) is 8.65. The van der Waals surface area contributed by atoms with Crippen LogP contribution in [0, 0.1) is 0 Å². The molecule has 18 heavy (non-hydrogen) atoms. The van der Waals surface area contributed by atoms with Crippen LogP contribution in [0.1, 0.15) is 45.6 Å². The molecular formula is C15H25N3. The molecule has 2 rings (SSSR count). The minimum atomic E-state index is 0.266. The zero-order valence-corrected chi connectivity index (χ0v) is 11.9. The van der Waals surface area contributed by atoms with E-state index in [0.717, 1.165) is 19.6 Å². The highest BCUT2D eigenvalue weighted by Gasteiger charge is 2.33. The largest absolute Gasteiger partial charge is 0.365 e. The molecule has 3 nitrogen and oxygen atoms in total. The van der Waals surface area contributed by atoms with Crippen LogP contribution in [0.2, 0.25) is 0 Å². The summed E-state index contributed by atoms with van der Waals surface area (Å²) in [5, 5.41) is 3.49. The highest BCUT2D eigenvalue weighted by atomic mass is 15.2. The second kappa shape index (κ2) is 5.70. The Kier molecular flexibility index (Phi) is 4.23. The Balaban J connectivity index is 2.16. The van der Waals surface area contributed by atoms with Crippen LogP contribution < -0.4 is 10.2 Å². The van der Waals surface area contributed by atoms with Gasteiger partial charge in [-0.2, -0.15) is 0 Å². The number of rotatable bonds is 5. The predicted octanol–water partition coefficient (Wildman–Crippen LogP) is 2.96. The zero-order valence-electron chi connectivity index (χ0n) is 11.9. The lowest BCUT2D eigenvalue weighted by atomic mass is 10.0. The zero-order chi connectivity index (χ0) is 13.0. The minimum Gasteiger partial charge on any atom is -0.365 e. The smallest absolute Gasteiger partial charge is 0.0602 e. The molecule has 2 heterocycles. The second-order valence-corrected chi connectivity index (χ2v) is 5.75. The molecule has 1 saturated heterocycles. The van der Waals surface area contributed by atoms with Crippen LogP contribution in [0.25, 0.3) is 0 Å². The summed E-state index contributed by atoms with van der Waals surface area (Å²) in [6, 6.07) is 2.15. The normalized spacial score (nSPS) is 18.3. The number of hydrogen-bond donors (Lipinski definition) is 1. The summed E-state index contributed by atoms with van der Waals surface area (Å²) in [6.45, 7) is 10.0. The molecule has 1 aromatic rings. The van der Waals surface area contributed by atoms with E-state index in [1.807, 2.05) is 12.4 Å². The summed E-state index contributed by atoms with van der Waals surface area (Å²) in [7, 11) is 0. The van der Waals surface area contributed by atoms with Crippen LogP contribution in [0.5, 0.6) is 0 Å². The van der Waals surface area contributed by atoms with Gasteiger partial charge < -0.3 is 10.2 Å². The summed E-state index contributed by atoms with van der Waals surface area (Å²) in [6.07, 6.45) is 7.65. The van der Waals surface area contributed by atoms with Crippen LogP contribution in [0.3, 0.4) is 0 Å². The van der Waals surface area contributed by atoms with Gasteiger partial charge in [0.1, 0.15) is 0 Å². The first-order valence-electron chi connectivity index (χ1n) is 7.06. The lowest BCUT2D eigenvalue weighted by Crippen LogP contribution is -2.39. The molecule has 0 bridgehead atoms. The number of nitrogens with zero attached hydrogens (tertiary/aromatic N) is 2. The summed E-state index contributed by atoms with van der Waals surface area (Å²) >= 11 is 0. The summed E-state index contributed by atoms with van der Waals surface area (Å²) in [5.41, 5.74) is 2.94. The summed E-state index contributed by atoms with van der Waals surface area (Å²) < 4.78 is 0. The number of aromatic nitrogens is 1. The highest BCUT2D eigenvalue weighted by Crippen LogP contribution is 2.34. The molecule has 0 amide bonds. The van der Waals surface area contributed by atoms with E-state index < -0.39 is 0 Å². The molecule has 0 radical (unpaired) electrons. The van der Waals surface area contributed by atoms with Crippen LogP contribution in [0.4, 0.5) is 5.69 Å². The van der Waals surface area contributed by atoms with Crippen LogP contribution in [-0.4, -0.2) is 23.6 Å². The van der Waals surface area contributed by atoms with E-state index in [-0.39, 0.29) is 5.54 Å². The third-order valence-corrected chi connectivity index (χ3v) is 3.82. The molecular weight excluding hydrogens is 222 g/mol.